The molecule has 0 N–H and O–H groups in total. The van der Waals surface area contributed by atoms with Crippen LogP contribution >= 0.6 is 0 Å². The molecule has 248 valence electrons. The first kappa shape index (κ1) is 34.2. The highest BCUT2D eigenvalue weighted by Gasteiger charge is 2.48. The molecule has 0 radical (unpaired) electrons. The highest BCUT2D eigenvalue weighted by molar-refractivity contribution is 5.91. The predicted octanol–water partition coefficient (Wildman–Crippen LogP) is 9.22. The van der Waals surface area contributed by atoms with Crippen molar-refractivity contribution in [3.63, 3.8) is 0 Å². The van der Waals surface area contributed by atoms with Crippen LogP contribution in [0.25, 0.3) is 0 Å². The van der Waals surface area contributed by atoms with E-state index in [0.29, 0.717) is 25.0 Å². The summed E-state index contributed by atoms with van der Waals surface area (Å²) in [5.41, 5.74) is -5.62. The number of nitrogens with zero attached hydrogens (tertiary/aromatic N) is 2. The fourth-order valence-corrected chi connectivity index (χ4v) is 5.34. The van der Waals surface area contributed by atoms with Gasteiger partial charge in [0.2, 0.25) is 0 Å². The van der Waals surface area contributed by atoms with Crippen LogP contribution < -0.4 is 4.90 Å². The zero-order valence-corrected chi connectivity index (χ0v) is 24.7. The van der Waals surface area contributed by atoms with Gasteiger partial charge in [0.05, 0.1) is 42.1 Å². The van der Waals surface area contributed by atoms with Crippen LogP contribution in [0.15, 0.2) is 36.4 Å². The van der Waals surface area contributed by atoms with E-state index in [1.165, 1.54) is 4.90 Å². The number of fused-ring (bicyclic) bond motifs is 1. The zero-order valence-electron chi connectivity index (χ0n) is 24.7. The topological polar surface area (TPSA) is 59.1 Å². The Bertz CT molecular complexity index is 1390. The number of carbonyl (C=O) groups excluding carboxylic acids is 2. The molecule has 45 heavy (non-hydrogen) atoms. The van der Waals surface area contributed by atoms with Crippen molar-refractivity contribution in [2.24, 2.45) is 11.3 Å². The number of carbonyl (C=O) groups is 2. The molecule has 4 rings (SSSR count). The molecule has 1 saturated carbocycles. The third-order valence-corrected chi connectivity index (χ3v) is 7.55. The van der Waals surface area contributed by atoms with E-state index in [-0.39, 0.29) is 36.3 Å². The van der Waals surface area contributed by atoms with Gasteiger partial charge in [0.25, 0.3) is 0 Å². The quantitative estimate of drug-likeness (QED) is 0.302. The van der Waals surface area contributed by atoms with E-state index in [4.69, 9.17) is 9.47 Å². The molecule has 2 aromatic carbocycles. The van der Waals surface area contributed by atoms with Crippen molar-refractivity contribution in [1.29, 1.82) is 0 Å². The van der Waals surface area contributed by atoms with Crippen molar-refractivity contribution >= 4 is 17.9 Å². The van der Waals surface area contributed by atoms with Gasteiger partial charge >= 0.3 is 30.7 Å². The second-order valence-corrected chi connectivity index (χ2v) is 12.4. The van der Waals surface area contributed by atoms with Crippen LogP contribution in [-0.2, 0) is 34.5 Å². The first-order valence-corrected chi connectivity index (χ1v) is 13.9. The van der Waals surface area contributed by atoms with Gasteiger partial charge in [-0.05, 0) is 78.1 Å². The lowest BCUT2D eigenvalue weighted by Gasteiger charge is -2.44. The fourth-order valence-electron chi connectivity index (χ4n) is 5.34. The van der Waals surface area contributed by atoms with E-state index in [2.05, 4.69) is 0 Å². The van der Waals surface area contributed by atoms with Gasteiger partial charge in [-0.15, -0.1) is 0 Å². The highest BCUT2D eigenvalue weighted by Crippen LogP contribution is 2.50. The van der Waals surface area contributed by atoms with E-state index >= 15 is 0 Å². The maximum absolute atomic E-state index is 13.9. The van der Waals surface area contributed by atoms with Crippen molar-refractivity contribution in [1.82, 2.24) is 4.90 Å². The predicted molar refractivity (Wildman–Crippen MR) is 143 cm³/mol. The van der Waals surface area contributed by atoms with E-state index in [1.807, 2.05) is 0 Å². The van der Waals surface area contributed by atoms with Gasteiger partial charge in [-0.3, -0.25) is 9.80 Å². The number of anilines is 1. The van der Waals surface area contributed by atoms with Crippen LogP contribution in [0, 0.1) is 11.3 Å². The number of hydrogen-bond acceptors (Lipinski definition) is 4. The summed E-state index contributed by atoms with van der Waals surface area (Å²) in [7, 11) is 0.924. The van der Waals surface area contributed by atoms with Gasteiger partial charge in [0.15, 0.2) is 0 Å². The average Bonchev–Trinajstić information content (AvgIpc) is 3.77. The zero-order chi connectivity index (χ0) is 33.7. The molecule has 1 aliphatic carbocycles. The van der Waals surface area contributed by atoms with E-state index < -0.39 is 77.0 Å². The number of methoxy groups -OCH3 is 1. The molecule has 2 atom stereocenters. The summed E-state index contributed by atoms with van der Waals surface area (Å²) in [6.07, 6.45) is -16.1. The molecule has 0 unspecified atom stereocenters. The second-order valence-electron chi connectivity index (χ2n) is 12.4. The Morgan fingerprint density at radius 1 is 0.844 bits per heavy atom. The third-order valence-electron chi connectivity index (χ3n) is 7.55. The van der Waals surface area contributed by atoms with Crippen LogP contribution in [-0.4, -0.2) is 36.8 Å². The number of amides is 2. The second kappa shape index (κ2) is 11.9. The molecule has 0 aromatic heterocycles. The fraction of sp³-hybridized carbons (Fsp3) is 0.533. The van der Waals surface area contributed by atoms with Gasteiger partial charge in [0.1, 0.15) is 0 Å². The maximum atomic E-state index is 13.9. The Kier molecular flexibility index (Phi) is 9.08. The number of alkyl halides is 9. The number of rotatable bonds is 5. The minimum atomic E-state index is -5.17. The first-order chi connectivity index (χ1) is 20.6. The summed E-state index contributed by atoms with van der Waals surface area (Å²) in [5.74, 6) is -0.144. The van der Waals surface area contributed by atoms with Crippen molar-refractivity contribution < 1.29 is 58.6 Å². The summed E-state index contributed by atoms with van der Waals surface area (Å²) in [4.78, 5) is 28.6. The van der Waals surface area contributed by atoms with Gasteiger partial charge in [-0.1, -0.05) is 20.8 Å². The van der Waals surface area contributed by atoms with Crippen LogP contribution in [0.2, 0.25) is 0 Å². The lowest BCUT2D eigenvalue weighted by Crippen LogP contribution is -2.50. The molecular formula is C30H31F9N2O4. The summed E-state index contributed by atoms with van der Waals surface area (Å²) < 4.78 is 133. The monoisotopic (exact) mass is 654 g/mol. The van der Waals surface area contributed by atoms with E-state index in [1.54, 1.807) is 20.8 Å². The lowest BCUT2D eigenvalue weighted by atomic mass is 9.86. The molecule has 0 spiro atoms. The number of halogens is 9. The maximum Gasteiger partial charge on any atom is 0.416 e. The molecule has 15 heteroatoms. The number of hydrogen-bond donors (Lipinski definition) is 0. The number of ether oxygens (including phenoxy) is 2. The Balaban J connectivity index is 1.87. The Labute approximate surface area is 253 Å². The molecule has 2 aromatic rings. The smallest absolute Gasteiger partial charge is 0.416 e. The molecule has 2 amide bonds. The SMILES string of the molecule is COC(=O)N(Cc1cc(C(F)(F)F)cc(C(F)(F)F)c1)[C@H]1C[C@@H](C2CC2)N(C(=O)OCC(C)(C)C)c2ccc(C(F)(F)F)cc21. The summed E-state index contributed by atoms with van der Waals surface area (Å²) in [5, 5.41) is 0. The standard InChI is InChI=1S/C30H31F9N2O4/c1-27(2,3)15-45-26(43)41-22-8-7-18(28(31,32)33)12-21(22)24(13-23(41)17-5-6-17)40(25(42)44-4)14-16-9-19(29(34,35)36)11-20(10-16)30(37,38)39/h7-12,17,23-24H,5-6,13-15H2,1-4H3/t23-,24-/m0/s1. The molecule has 0 bridgehead atoms. The van der Waals surface area contributed by atoms with Crippen LogP contribution in [0.5, 0.6) is 0 Å². The van der Waals surface area contributed by atoms with Crippen molar-refractivity contribution in [2.45, 2.75) is 77.2 Å². The molecule has 2 aliphatic rings. The Morgan fingerprint density at radius 2 is 1.40 bits per heavy atom. The minimum Gasteiger partial charge on any atom is -0.453 e. The Hall–Kier alpha value is -3.65. The van der Waals surface area contributed by atoms with Gasteiger partial charge < -0.3 is 9.47 Å². The van der Waals surface area contributed by atoms with Crippen LogP contribution in [0.1, 0.15) is 73.9 Å². The Morgan fingerprint density at radius 3 is 1.87 bits per heavy atom. The van der Waals surface area contributed by atoms with Crippen LogP contribution in [0.4, 0.5) is 54.8 Å². The van der Waals surface area contributed by atoms with Gasteiger partial charge in [-0.2, -0.15) is 39.5 Å². The minimum absolute atomic E-state index is 0.0233. The molecular weight excluding hydrogens is 623 g/mol. The summed E-state index contributed by atoms with van der Waals surface area (Å²) in [6, 6.07) is 1.31. The lowest BCUT2D eigenvalue weighted by molar-refractivity contribution is -0.143. The molecule has 1 heterocycles. The molecule has 1 fully saturated rings. The van der Waals surface area contributed by atoms with E-state index in [9.17, 15) is 49.1 Å². The van der Waals surface area contributed by atoms with Gasteiger partial charge in [-0.25, -0.2) is 9.59 Å². The van der Waals surface area contributed by atoms with Crippen molar-refractivity contribution in [3.8, 4) is 0 Å². The first-order valence-electron chi connectivity index (χ1n) is 13.9. The molecule has 0 saturated heterocycles. The van der Waals surface area contributed by atoms with E-state index in [0.717, 1.165) is 30.2 Å². The number of benzene rings is 2. The van der Waals surface area contributed by atoms with Crippen molar-refractivity contribution in [2.75, 3.05) is 18.6 Å². The van der Waals surface area contributed by atoms with Gasteiger partial charge in [0, 0.05) is 12.6 Å². The average molecular weight is 655 g/mol. The normalized spacial score (nSPS) is 19.2. The molecule has 1 aliphatic heterocycles. The van der Waals surface area contributed by atoms with Crippen LogP contribution in [0.3, 0.4) is 0 Å². The largest absolute Gasteiger partial charge is 0.453 e. The summed E-state index contributed by atoms with van der Waals surface area (Å²) in [6.45, 7) is 4.53. The third kappa shape index (κ3) is 7.96. The molecule has 6 nitrogen and oxygen atoms in total. The highest BCUT2D eigenvalue weighted by atomic mass is 19.4. The summed E-state index contributed by atoms with van der Waals surface area (Å²) >= 11 is 0. The van der Waals surface area contributed by atoms with Crippen molar-refractivity contribution in [3.05, 3.63) is 64.2 Å².